The quantitative estimate of drug-likeness (QED) is 0.250. The van der Waals surface area contributed by atoms with Gasteiger partial charge in [0.05, 0.1) is 27.7 Å². The molecule has 4 rings (SSSR count). The molecule has 1 aliphatic heterocycles. The van der Waals surface area contributed by atoms with E-state index >= 15 is 0 Å². The smallest absolute Gasteiger partial charge is 0.337 e. The van der Waals surface area contributed by atoms with Crippen LogP contribution in [0.25, 0.3) is 6.08 Å². The molecule has 6 nitrogen and oxygen atoms in total. The number of likely N-dealkylation sites (N-methyl/N-ethyl adjacent to an activating group) is 1. The number of carbonyl (C=O) groups is 2. The van der Waals surface area contributed by atoms with Gasteiger partial charge in [0.1, 0.15) is 12.4 Å². The molecule has 35 heavy (non-hydrogen) atoms. The van der Waals surface area contributed by atoms with Gasteiger partial charge in [0.25, 0.3) is 5.91 Å². The van der Waals surface area contributed by atoms with Crippen LogP contribution in [0.5, 0.6) is 5.75 Å². The number of amides is 1. The average molecular weight is 551 g/mol. The Labute approximate surface area is 216 Å². The summed E-state index contributed by atoms with van der Waals surface area (Å²) in [7, 11) is 1.34. The molecule has 1 fully saturated rings. The number of nitrogens with zero attached hydrogens (tertiary/aromatic N) is 2. The molecule has 0 aliphatic carbocycles. The molecule has 1 heterocycles. The van der Waals surface area contributed by atoms with Crippen molar-refractivity contribution in [2.45, 2.75) is 13.5 Å². The van der Waals surface area contributed by atoms with Crippen molar-refractivity contribution in [2.75, 3.05) is 13.7 Å². The molecule has 0 saturated carbocycles. The molecule has 1 aliphatic rings. The molecule has 8 heteroatoms. The van der Waals surface area contributed by atoms with E-state index < -0.39 is 5.97 Å². The molecule has 0 atom stereocenters. The van der Waals surface area contributed by atoms with Gasteiger partial charge in [-0.05, 0) is 82.2 Å². The summed E-state index contributed by atoms with van der Waals surface area (Å²) in [5, 5.41) is 0.563. The van der Waals surface area contributed by atoms with Crippen LogP contribution in [0.15, 0.2) is 87.2 Å². The van der Waals surface area contributed by atoms with Crippen molar-refractivity contribution in [1.29, 1.82) is 0 Å². The summed E-state index contributed by atoms with van der Waals surface area (Å²) in [6.07, 6.45) is 1.84. The topological polar surface area (TPSA) is 68.2 Å². The van der Waals surface area contributed by atoms with Gasteiger partial charge in [-0.25, -0.2) is 9.79 Å². The summed E-state index contributed by atoms with van der Waals surface area (Å²) in [5.41, 5.74) is 2.93. The SMILES string of the molecule is CCN1C(=O)C(=Cc2ccc(OCc3ccccc3)c(Br)c2)SC1=Nc1cccc(C(=O)OC)c1. The number of methoxy groups -OCH3 is 1. The Morgan fingerprint density at radius 3 is 2.60 bits per heavy atom. The maximum atomic E-state index is 13.0. The molecule has 0 N–H and O–H groups in total. The van der Waals surface area contributed by atoms with Crippen molar-refractivity contribution < 1.29 is 19.1 Å². The standard InChI is InChI=1S/C27H23BrN2O4S/c1-3-30-25(31)24(35-27(30)29-21-11-7-10-20(16-21)26(32)33-2)15-19-12-13-23(22(28)14-19)34-17-18-8-5-4-6-9-18/h4-16H,3,17H2,1-2H3. The van der Waals surface area contributed by atoms with E-state index in [9.17, 15) is 9.59 Å². The monoisotopic (exact) mass is 550 g/mol. The number of aliphatic imine (C=N–C) groups is 1. The van der Waals surface area contributed by atoms with Gasteiger partial charge in [0.2, 0.25) is 0 Å². The van der Waals surface area contributed by atoms with E-state index in [-0.39, 0.29) is 5.91 Å². The second kappa shape index (κ2) is 11.4. The van der Waals surface area contributed by atoms with Crippen LogP contribution in [0.3, 0.4) is 0 Å². The van der Waals surface area contributed by atoms with Crippen LogP contribution in [0, 0.1) is 0 Å². The first kappa shape index (κ1) is 24.8. The number of thioether (sulfide) groups is 1. The van der Waals surface area contributed by atoms with Gasteiger partial charge in [-0.2, -0.15) is 0 Å². The fourth-order valence-corrected chi connectivity index (χ4v) is 4.98. The van der Waals surface area contributed by atoms with Crippen molar-refractivity contribution in [1.82, 2.24) is 4.90 Å². The number of esters is 1. The van der Waals surface area contributed by atoms with Crippen molar-refractivity contribution in [3.05, 3.63) is 98.9 Å². The molecule has 3 aromatic carbocycles. The van der Waals surface area contributed by atoms with Crippen LogP contribution in [0.1, 0.15) is 28.4 Å². The van der Waals surface area contributed by atoms with Gasteiger partial charge < -0.3 is 9.47 Å². The lowest BCUT2D eigenvalue weighted by Gasteiger charge is -2.12. The van der Waals surface area contributed by atoms with Crippen LogP contribution in [0.2, 0.25) is 0 Å². The third kappa shape index (κ3) is 6.01. The number of hydrogen-bond acceptors (Lipinski definition) is 6. The van der Waals surface area contributed by atoms with Crippen LogP contribution < -0.4 is 4.74 Å². The lowest BCUT2D eigenvalue weighted by Crippen LogP contribution is -2.28. The average Bonchev–Trinajstić information content (AvgIpc) is 3.17. The Hall–Kier alpha value is -3.36. The van der Waals surface area contributed by atoms with Crippen LogP contribution in [0.4, 0.5) is 5.69 Å². The van der Waals surface area contributed by atoms with Gasteiger partial charge in [-0.15, -0.1) is 0 Å². The van der Waals surface area contributed by atoms with E-state index in [0.29, 0.717) is 34.5 Å². The normalized spacial score (nSPS) is 15.6. The second-order valence-electron chi connectivity index (χ2n) is 7.56. The number of ether oxygens (including phenoxy) is 2. The van der Waals surface area contributed by atoms with Crippen molar-refractivity contribution in [3.8, 4) is 5.75 Å². The molecular weight excluding hydrogens is 528 g/mol. The Bertz CT molecular complexity index is 1310. The molecular formula is C27H23BrN2O4S. The van der Waals surface area contributed by atoms with Crippen LogP contribution >= 0.6 is 27.7 Å². The predicted molar refractivity (Wildman–Crippen MR) is 143 cm³/mol. The number of amidine groups is 1. The van der Waals surface area contributed by atoms with Gasteiger partial charge in [0.15, 0.2) is 5.17 Å². The zero-order valence-corrected chi connectivity index (χ0v) is 21.6. The number of halogens is 1. The third-order valence-corrected chi connectivity index (χ3v) is 6.81. The van der Waals surface area contributed by atoms with E-state index in [1.807, 2.05) is 61.5 Å². The van der Waals surface area contributed by atoms with Gasteiger partial charge in [-0.3, -0.25) is 9.69 Å². The highest BCUT2D eigenvalue weighted by atomic mass is 79.9. The van der Waals surface area contributed by atoms with E-state index in [1.54, 1.807) is 29.2 Å². The van der Waals surface area contributed by atoms with E-state index in [2.05, 4.69) is 20.9 Å². The fraction of sp³-hybridized carbons (Fsp3) is 0.148. The van der Waals surface area contributed by atoms with E-state index in [1.165, 1.54) is 18.9 Å². The lowest BCUT2D eigenvalue weighted by molar-refractivity contribution is -0.122. The van der Waals surface area contributed by atoms with E-state index in [0.717, 1.165) is 21.3 Å². The first-order valence-electron chi connectivity index (χ1n) is 10.9. The van der Waals surface area contributed by atoms with Crippen molar-refractivity contribution >= 4 is 56.5 Å². The zero-order valence-electron chi connectivity index (χ0n) is 19.2. The summed E-state index contributed by atoms with van der Waals surface area (Å²) < 4.78 is 11.5. The molecule has 0 aromatic heterocycles. The highest BCUT2D eigenvalue weighted by molar-refractivity contribution is 9.10. The summed E-state index contributed by atoms with van der Waals surface area (Å²) >= 11 is 4.88. The molecule has 3 aromatic rings. The third-order valence-electron chi connectivity index (χ3n) is 5.19. The minimum absolute atomic E-state index is 0.110. The number of carbonyl (C=O) groups excluding carboxylic acids is 2. The van der Waals surface area contributed by atoms with E-state index in [4.69, 9.17) is 9.47 Å². The Morgan fingerprint density at radius 1 is 1.09 bits per heavy atom. The Balaban J connectivity index is 1.53. The first-order chi connectivity index (χ1) is 17.0. The fourth-order valence-electron chi connectivity index (χ4n) is 3.41. The summed E-state index contributed by atoms with van der Waals surface area (Å²) in [4.78, 5) is 31.7. The number of hydrogen-bond donors (Lipinski definition) is 0. The molecule has 1 saturated heterocycles. The van der Waals surface area contributed by atoms with Crippen LogP contribution in [-0.2, 0) is 16.1 Å². The minimum Gasteiger partial charge on any atom is -0.488 e. The maximum Gasteiger partial charge on any atom is 0.337 e. The number of rotatable bonds is 7. The molecule has 0 unspecified atom stereocenters. The molecule has 178 valence electrons. The predicted octanol–water partition coefficient (Wildman–Crippen LogP) is 6.44. The maximum absolute atomic E-state index is 13.0. The van der Waals surface area contributed by atoms with Gasteiger partial charge >= 0.3 is 5.97 Å². The Kier molecular flexibility index (Phi) is 8.05. The highest BCUT2D eigenvalue weighted by Gasteiger charge is 2.32. The molecule has 0 radical (unpaired) electrons. The largest absolute Gasteiger partial charge is 0.488 e. The number of benzene rings is 3. The Morgan fingerprint density at radius 2 is 1.89 bits per heavy atom. The van der Waals surface area contributed by atoms with Gasteiger partial charge in [-0.1, -0.05) is 42.5 Å². The van der Waals surface area contributed by atoms with Gasteiger partial charge in [0, 0.05) is 6.54 Å². The summed E-state index contributed by atoms with van der Waals surface area (Å²) in [6, 6.07) is 22.5. The second-order valence-corrected chi connectivity index (χ2v) is 9.42. The lowest BCUT2D eigenvalue weighted by atomic mass is 10.2. The molecule has 1 amide bonds. The summed E-state index contributed by atoms with van der Waals surface area (Å²) in [6.45, 7) is 2.85. The highest BCUT2D eigenvalue weighted by Crippen LogP contribution is 2.35. The molecule has 0 bridgehead atoms. The first-order valence-corrected chi connectivity index (χ1v) is 12.5. The summed E-state index contributed by atoms with van der Waals surface area (Å²) in [5.74, 6) is 0.183. The minimum atomic E-state index is -0.433. The van der Waals surface area contributed by atoms with Crippen molar-refractivity contribution in [2.24, 2.45) is 4.99 Å². The zero-order chi connectivity index (χ0) is 24.8. The van der Waals surface area contributed by atoms with Crippen LogP contribution in [-0.4, -0.2) is 35.6 Å². The van der Waals surface area contributed by atoms with Crippen molar-refractivity contribution in [3.63, 3.8) is 0 Å². The molecule has 0 spiro atoms.